The van der Waals surface area contributed by atoms with Crippen molar-refractivity contribution >= 4 is 6.03 Å². The zero-order valence-corrected chi connectivity index (χ0v) is 6.11. The SMILES string of the molecule is CC1(C2CC2)CNC(=O)N1. The minimum Gasteiger partial charge on any atom is -0.336 e. The third kappa shape index (κ3) is 0.770. The van der Waals surface area contributed by atoms with Crippen molar-refractivity contribution in [3.8, 4) is 0 Å². The fourth-order valence-electron chi connectivity index (χ4n) is 1.58. The van der Waals surface area contributed by atoms with E-state index in [0.717, 1.165) is 12.5 Å². The van der Waals surface area contributed by atoms with Crippen molar-refractivity contribution < 1.29 is 4.79 Å². The van der Waals surface area contributed by atoms with Crippen LogP contribution in [-0.2, 0) is 0 Å². The first-order valence-corrected chi connectivity index (χ1v) is 3.77. The molecule has 0 aromatic heterocycles. The Bertz CT molecular complexity index is 176. The molecule has 1 heterocycles. The van der Waals surface area contributed by atoms with E-state index < -0.39 is 0 Å². The zero-order valence-electron chi connectivity index (χ0n) is 6.11. The molecule has 2 rings (SSSR count). The second-order valence-corrected chi connectivity index (χ2v) is 3.50. The number of hydrogen-bond acceptors (Lipinski definition) is 1. The van der Waals surface area contributed by atoms with Crippen LogP contribution in [0.5, 0.6) is 0 Å². The summed E-state index contributed by atoms with van der Waals surface area (Å²) < 4.78 is 0. The third-order valence-corrected chi connectivity index (χ3v) is 2.49. The summed E-state index contributed by atoms with van der Waals surface area (Å²) in [6.07, 6.45) is 2.55. The standard InChI is InChI=1S/C7H12N2O/c1-7(5-2-3-5)4-8-6(10)9-7/h5H,2-4H2,1H3,(H2,8,9,10). The van der Waals surface area contributed by atoms with E-state index in [4.69, 9.17) is 0 Å². The van der Waals surface area contributed by atoms with Crippen LogP contribution in [0.1, 0.15) is 19.8 Å². The maximum Gasteiger partial charge on any atom is 0.315 e. The van der Waals surface area contributed by atoms with E-state index in [1.165, 1.54) is 12.8 Å². The average Bonchev–Trinajstić information content (AvgIpc) is 2.62. The summed E-state index contributed by atoms with van der Waals surface area (Å²) in [5, 5.41) is 5.72. The smallest absolute Gasteiger partial charge is 0.315 e. The molecule has 2 fully saturated rings. The number of amides is 2. The monoisotopic (exact) mass is 140 g/mol. The van der Waals surface area contributed by atoms with Gasteiger partial charge in [0.15, 0.2) is 0 Å². The largest absolute Gasteiger partial charge is 0.336 e. The zero-order chi connectivity index (χ0) is 7.19. The van der Waals surface area contributed by atoms with Gasteiger partial charge in [-0.15, -0.1) is 0 Å². The minimum atomic E-state index is -0.00519. The molecule has 0 spiro atoms. The highest BCUT2D eigenvalue weighted by molar-refractivity contribution is 5.77. The molecule has 1 saturated heterocycles. The van der Waals surface area contributed by atoms with Gasteiger partial charge in [0, 0.05) is 6.54 Å². The maximum atomic E-state index is 10.8. The number of carbonyl (C=O) groups is 1. The first-order valence-electron chi connectivity index (χ1n) is 3.77. The van der Waals surface area contributed by atoms with Gasteiger partial charge in [-0.3, -0.25) is 0 Å². The number of carbonyl (C=O) groups excluding carboxylic acids is 1. The van der Waals surface area contributed by atoms with E-state index in [1.54, 1.807) is 0 Å². The van der Waals surface area contributed by atoms with Crippen LogP contribution in [0.2, 0.25) is 0 Å². The molecule has 0 bridgehead atoms. The van der Waals surface area contributed by atoms with Gasteiger partial charge in [-0.25, -0.2) is 4.79 Å². The van der Waals surface area contributed by atoms with E-state index >= 15 is 0 Å². The Labute approximate surface area is 60.2 Å². The third-order valence-electron chi connectivity index (χ3n) is 2.49. The minimum absolute atomic E-state index is 0.00519. The lowest BCUT2D eigenvalue weighted by molar-refractivity contribution is 0.243. The van der Waals surface area contributed by atoms with E-state index in [9.17, 15) is 4.79 Å². The highest BCUT2D eigenvalue weighted by Crippen LogP contribution is 2.40. The van der Waals surface area contributed by atoms with Gasteiger partial charge < -0.3 is 10.6 Å². The number of hydrogen-bond donors (Lipinski definition) is 2. The second-order valence-electron chi connectivity index (χ2n) is 3.50. The Morgan fingerprint density at radius 3 is 2.70 bits per heavy atom. The van der Waals surface area contributed by atoms with E-state index in [0.29, 0.717) is 0 Å². The highest BCUT2D eigenvalue weighted by atomic mass is 16.2. The van der Waals surface area contributed by atoms with Crippen molar-refractivity contribution in [3.63, 3.8) is 0 Å². The summed E-state index contributed by atoms with van der Waals surface area (Å²) >= 11 is 0. The number of nitrogens with one attached hydrogen (secondary N) is 2. The van der Waals surface area contributed by atoms with Crippen molar-refractivity contribution in [2.24, 2.45) is 5.92 Å². The molecule has 2 amide bonds. The molecule has 1 aliphatic heterocycles. The van der Waals surface area contributed by atoms with Crippen LogP contribution < -0.4 is 10.6 Å². The van der Waals surface area contributed by atoms with Gasteiger partial charge in [-0.1, -0.05) is 0 Å². The van der Waals surface area contributed by atoms with E-state index in [1.807, 2.05) is 0 Å². The molecule has 1 atom stereocenters. The number of rotatable bonds is 1. The molecule has 1 unspecified atom stereocenters. The predicted octanol–water partition coefficient (Wildman–Crippen LogP) is 0.468. The maximum absolute atomic E-state index is 10.8. The molecule has 3 nitrogen and oxygen atoms in total. The second kappa shape index (κ2) is 1.65. The Kier molecular flexibility index (Phi) is 0.993. The van der Waals surface area contributed by atoms with Crippen LogP contribution >= 0.6 is 0 Å². The first-order chi connectivity index (χ1) is 4.71. The Morgan fingerprint density at radius 1 is 1.60 bits per heavy atom. The van der Waals surface area contributed by atoms with Crippen molar-refractivity contribution in [1.82, 2.24) is 10.6 Å². The van der Waals surface area contributed by atoms with Crippen LogP contribution in [0.25, 0.3) is 0 Å². The summed E-state index contributed by atoms with van der Waals surface area (Å²) in [5.74, 6) is 0.728. The van der Waals surface area contributed by atoms with Crippen molar-refractivity contribution in [2.75, 3.05) is 6.54 Å². The molecule has 0 aromatic carbocycles. The van der Waals surface area contributed by atoms with Crippen LogP contribution in [0.4, 0.5) is 4.79 Å². The molecule has 2 aliphatic rings. The molecule has 0 aromatic rings. The summed E-state index contributed by atoms with van der Waals surface area (Å²) in [6.45, 7) is 2.92. The summed E-state index contributed by atoms with van der Waals surface area (Å²) in [6, 6.07) is -0.00519. The Hall–Kier alpha value is -0.730. The van der Waals surface area contributed by atoms with Gasteiger partial charge in [0.05, 0.1) is 5.54 Å². The Balaban J connectivity index is 2.08. The van der Waals surface area contributed by atoms with E-state index in [2.05, 4.69) is 17.6 Å². The fourth-order valence-corrected chi connectivity index (χ4v) is 1.58. The molecule has 10 heavy (non-hydrogen) atoms. The first kappa shape index (κ1) is 6.01. The van der Waals surface area contributed by atoms with Crippen molar-refractivity contribution in [2.45, 2.75) is 25.3 Å². The van der Waals surface area contributed by atoms with Gasteiger partial charge in [0.1, 0.15) is 0 Å². The van der Waals surface area contributed by atoms with Gasteiger partial charge in [-0.05, 0) is 25.7 Å². The summed E-state index contributed by atoms with van der Waals surface area (Å²) in [4.78, 5) is 10.8. The fraction of sp³-hybridized carbons (Fsp3) is 0.857. The van der Waals surface area contributed by atoms with Crippen LogP contribution in [-0.4, -0.2) is 18.1 Å². The molecule has 1 saturated carbocycles. The van der Waals surface area contributed by atoms with E-state index in [-0.39, 0.29) is 11.6 Å². The lowest BCUT2D eigenvalue weighted by atomic mass is 9.98. The lowest BCUT2D eigenvalue weighted by Crippen LogP contribution is -2.42. The van der Waals surface area contributed by atoms with Crippen molar-refractivity contribution in [3.05, 3.63) is 0 Å². The van der Waals surface area contributed by atoms with Gasteiger partial charge in [-0.2, -0.15) is 0 Å². The quantitative estimate of drug-likeness (QED) is 0.546. The molecule has 0 radical (unpaired) electrons. The van der Waals surface area contributed by atoms with Crippen LogP contribution in [0.3, 0.4) is 0 Å². The number of urea groups is 1. The van der Waals surface area contributed by atoms with Gasteiger partial charge in [0.25, 0.3) is 0 Å². The molecule has 56 valence electrons. The molecular formula is C7H12N2O. The average molecular weight is 140 g/mol. The topological polar surface area (TPSA) is 41.1 Å². The lowest BCUT2D eigenvalue weighted by Gasteiger charge is -2.21. The molecular weight excluding hydrogens is 128 g/mol. The molecule has 3 heteroatoms. The molecule has 2 N–H and O–H groups in total. The van der Waals surface area contributed by atoms with Gasteiger partial charge in [0.2, 0.25) is 0 Å². The van der Waals surface area contributed by atoms with Gasteiger partial charge >= 0.3 is 6.03 Å². The molecule has 1 aliphatic carbocycles. The summed E-state index contributed by atoms with van der Waals surface area (Å²) in [7, 11) is 0. The van der Waals surface area contributed by atoms with Crippen LogP contribution in [0, 0.1) is 5.92 Å². The predicted molar refractivity (Wildman–Crippen MR) is 37.7 cm³/mol. The Morgan fingerprint density at radius 2 is 2.30 bits per heavy atom. The van der Waals surface area contributed by atoms with Crippen LogP contribution in [0.15, 0.2) is 0 Å². The summed E-state index contributed by atoms with van der Waals surface area (Å²) in [5.41, 5.74) is 0.0666. The highest BCUT2D eigenvalue weighted by Gasteiger charge is 2.45. The normalized spacial score (nSPS) is 39.1. The van der Waals surface area contributed by atoms with Crippen molar-refractivity contribution in [1.29, 1.82) is 0 Å².